The van der Waals surface area contributed by atoms with Gasteiger partial charge in [0.05, 0.1) is 6.10 Å². The van der Waals surface area contributed by atoms with Gasteiger partial charge in [0.1, 0.15) is 11.4 Å². The van der Waals surface area contributed by atoms with Crippen LogP contribution in [0.2, 0.25) is 0 Å². The first-order valence-corrected chi connectivity index (χ1v) is 8.12. The third-order valence-corrected chi connectivity index (χ3v) is 3.75. The van der Waals surface area contributed by atoms with E-state index in [9.17, 15) is 53.4 Å². The molecule has 2 nitrogen and oxygen atoms in total. The van der Waals surface area contributed by atoms with E-state index in [2.05, 4.69) is 0 Å². The van der Waals surface area contributed by atoms with Gasteiger partial charge in [0.2, 0.25) is 0 Å². The molecule has 1 aromatic rings. The fourth-order valence-corrected chi connectivity index (χ4v) is 2.26. The van der Waals surface area contributed by atoms with Crippen molar-refractivity contribution in [1.82, 2.24) is 0 Å². The number of alkyl halides is 11. The van der Waals surface area contributed by atoms with Crippen LogP contribution in [0, 0.1) is 0 Å². The number of ether oxygens (including phenoxy) is 1. The summed E-state index contributed by atoms with van der Waals surface area (Å²) in [6.07, 6.45) is -12.5. The van der Waals surface area contributed by atoms with Crippen molar-refractivity contribution < 1.29 is 58.1 Å². The van der Waals surface area contributed by atoms with E-state index in [0.29, 0.717) is 0 Å². The van der Waals surface area contributed by atoms with E-state index in [-0.39, 0.29) is 5.75 Å². The van der Waals surface area contributed by atoms with Crippen molar-refractivity contribution in [3.63, 3.8) is 0 Å². The van der Waals surface area contributed by atoms with Gasteiger partial charge >= 0.3 is 29.9 Å². The van der Waals surface area contributed by atoms with Crippen LogP contribution < -0.4 is 4.74 Å². The Hall–Kier alpha value is -1.79. The first-order valence-electron chi connectivity index (χ1n) is 8.12. The molecule has 0 saturated heterocycles. The quantitative estimate of drug-likeness (QED) is 0.476. The molecule has 0 spiro atoms. The van der Waals surface area contributed by atoms with E-state index >= 15 is 0 Å². The number of hydrogen-bond donors (Lipinski definition) is 1. The van der Waals surface area contributed by atoms with Gasteiger partial charge in [0.25, 0.3) is 0 Å². The maximum Gasteiger partial charge on any atom is 0.460 e. The summed E-state index contributed by atoms with van der Waals surface area (Å²) in [4.78, 5) is 0. The zero-order chi connectivity index (χ0) is 24.0. The van der Waals surface area contributed by atoms with Gasteiger partial charge in [0, 0.05) is 12.0 Å². The second-order valence-corrected chi connectivity index (χ2v) is 7.40. The maximum absolute atomic E-state index is 13.9. The van der Waals surface area contributed by atoms with Crippen LogP contribution in [0.5, 0.6) is 5.75 Å². The van der Waals surface area contributed by atoms with E-state index in [0.717, 1.165) is 18.2 Å². The first-order chi connectivity index (χ1) is 13.1. The Morgan fingerprint density at radius 1 is 0.767 bits per heavy atom. The normalized spacial score (nSPS) is 15.8. The fourth-order valence-electron chi connectivity index (χ4n) is 2.26. The molecule has 0 bridgehead atoms. The van der Waals surface area contributed by atoms with Gasteiger partial charge in [-0.05, 0) is 26.8 Å². The molecule has 174 valence electrons. The molecule has 0 aromatic heterocycles. The number of aliphatic hydroxyl groups excluding tert-OH is 1. The molecule has 0 heterocycles. The highest BCUT2D eigenvalue weighted by molar-refractivity contribution is 5.36. The van der Waals surface area contributed by atoms with Gasteiger partial charge in [-0.15, -0.1) is 0 Å². The average molecular weight is 462 g/mol. The van der Waals surface area contributed by atoms with Crippen molar-refractivity contribution in [1.29, 1.82) is 0 Å². The highest BCUT2D eigenvalue weighted by Gasteiger charge is 2.87. The van der Waals surface area contributed by atoms with Crippen molar-refractivity contribution in [2.75, 3.05) is 0 Å². The molecule has 1 unspecified atom stereocenters. The van der Waals surface area contributed by atoms with Gasteiger partial charge in [0.15, 0.2) is 0 Å². The van der Waals surface area contributed by atoms with Crippen LogP contribution in [-0.2, 0) is 0 Å². The van der Waals surface area contributed by atoms with Crippen molar-refractivity contribution >= 4 is 0 Å². The van der Waals surface area contributed by atoms with Gasteiger partial charge in [-0.25, -0.2) is 0 Å². The van der Waals surface area contributed by atoms with Gasteiger partial charge in [-0.3, -0.25) is 0 Å². The van der Waals surface area contributed by atoms with Crippen molar-refractivity contribution in [3.8, 4) is 5.75 Å². The highest BCUT2D eigenvalue weighted by Crippen LogP contribution is 2.58. The van der Waals surface area contributed by atoms with Crippen molar-refractivity contribution in [3.05, 3.63) is 29.8 Å². The number of para-hydroxylation sites is 1. The highest BCUT2D eigenvalue weighted by atomic mass is 19.4. The van der Waals surface area contributed by atoms with Crippen LogP contribution in [0.3, 0.4) is 0 Å². The molecule has 0 aliphatic heterocycles. The summed E-state index contributed by atoms with van der Waals surface area (Å²) in [5.74, 6) is -28.6. The maximum atomic E-state index is 13.9. The largest absolute Gasteiger partial charge is 0.488 e. The summed E-state index contributed by atoms with van der Waals surface area (Å²) in [5.41, 5.74) is -1.57. The fraction of sp³-hybridized carbons (Fsp3) is 0.647. The van der Waals surface area contributed by atoms with Crippen LogP contribution in [0.4, 0.5) is 48.3 Å². The molecular formula is C17H17F11O2. The van der Waals surface area contributed by atoms with Gasteiger partial charge in [-0.1, -0.05) is 18.2 Å². The summed E-state index contributed by atoms with van der Waals surface area (Å²) >= 11 is 0. The molecule has 0 fully saturated rings. The minimum absolute atomic E-state index is 0.316. The lowest BCUT2D eigenvalue weighted by atomic mass is 9.92. The Morgan fingerprint density at radius 2 is 1.23 bits per heavy atom. The molecule has 30 heavy (non-hydrogen) atoms. The minimum Gasteiger partial charge on any atom is -0.488 e. The Labute approximate surface area is 163 Å². The van der Waals surface area contributed by atoms with Crippen molar-refractivity contribution in [2.45, 2.75) is 68.8 Å². The van der Waals surface area contributed by atoms with Crippen LogP contribution >= 0.6 is 0 Å². The number of hydrogen-bond acceptors (Lipinski definition) is 2. The lowest BCUT2D eigenvalue weighted by Crippen LogP contribution is -2.66. The minimum atomic E-state index is -7.51. The molecule has 13 heteroatoms. The second kappa shape index (κ2) is 7.72. The molecule has 1 N–H and O–H groups in total. The topological polar surface area (TPSA) is 29.5 Å². The second-order valence-electron chi connectivity index (χ2n) is 7.40. The molecule has 0 amide bonds. The first kappa shape index (κ1) is 26.2. The summed E-state index contributed by atoms with van der Waals surface area (Å²) in [5, 5.41) is 9.88. The molecule has 1 aromatic carbocycles. The summed E-state index contributed by atoms with van der Waals surface area (Å²) in [6, 6.07) is 4.45. The predicted molar refractivity (Wildman–Crippen MR) is 82.2 cm³/mol. The number of benzene rings is 1. The molecule has 1 atom stereocenters. The Balaban J connectivity index is 3.31. The summed E-state index contributed by atoms with van der Waals surface area (Å²) in [6.45, 7) is 4.45. The molecule has 0 radical (unpaired) electrons. The number of aliphatic hydroxyl groups is 1. The standard InChI is InChI=1S/C17H17F11O2/c1-12(2,3)30-11-7-5-4-6-9(11)10(29)8-13(18,19)14(20,21)15(22,23)16(24,25)17(26,27)28/h4-7,10,29H,8H2,1-3H3. The van der Waals surface area contributed by atoms with E-state index in [4.69, 9.17) is 4.74 Å². The Bertz CT molecular complexity index is 736. The lowest BCUT2D eigenvalue weighted by molar-refractivity contribution is -0.423. The molecular weight excluding hydrogens is 445 g/mol. The third kappa shape index (κ3) is 4.75. The van der Waals surface area contributed by atoms with E-state index in [1.54, 1.807) is 0 Å². The molecule has 1 rings (SSSR count). The van der Waals surface area contributed by atoms with Crippen LogP contribution in [-0.4, -0.2) is 40.6 Å². The average Bonchev–Trinajstić information content (AvgIpc) is 2.51. The third-order valence-electron chi connectivity index (χ3n) is 3.75. The van der Waals surface area contributed by atoms with Gasteiger partial charge < -0.3 is 9.84 Å². The predicted octanol–water partition coefficient (Wildman–Crippen LogP) is 6.39. The lowest BCUT2D eigenvalue weighted by Gasteiger charge is -2.38. The van der Waals surface area contributed by atoms with Gasteiger partial charge in [-0.2, -0.15) is 48.3 Å². The van der Waals surface area contributed by atoms with Crippen molar-refractivity contribution in [2.24, 2.45) is 0 Å². The van der Waals surface area contributed by atoms with Crippen LogP contribution in [0.1, 0.15) is 38.9 Å². The summed E-state index contributed by atoms with van der Waals surface area (Å²) in [7, 11) is 0. The molecule has 0 aliphatic rings. The Morgan fingerprint density at radius 3 is 1.67 bits per heavy atom. The zero-order valence-corrected chi connectivity index (χ0v) is 15.6. The van der Waals surface area contributed by atoms with Crippen LogP contribution in [0.15, 0.2) is 24.3 Å². The smallest absolute Gasteiger partial charge is 0.460 e. The number of rotatable bonds is 7. The van der Waals surface area contributed by atoms with E-state index < -0.39 is 53.6 Å². The molecule has 0 aliphatic carbocycles. The molecule has 0 saturated carbocycles. The van der Waals surface area contributed by atoms with E-state index in [1.807, 2.05) is 0 Å². The van der Waals surface area contributed by atoms with Crippen LogP contribution in [0.25, 0.3) is 0 Å². The monoisotopic (exact) mass is 462 g/mol. The number of halogens is 11. The Kier molecular flexibility index (Phi) is 6.75. The zero-order valence-electron chi connectivity index (χ0n) is 15.6. The van der Waals surface area contributed by atoms with E-state index in [1.165, 1.54) is 26.8 Å². The SMILES string of the molecule is CC(C)(C)Oc1ccccc1C(O)CC(F)(F)C(F)(F)C(F)(F)C(F)(F)C(F)(F)F. The summed E-state index contributed by atoms with van der Waals surface area (Å²) < 4.78 is 149.